The Hall–Kier alpha value is -1.21. The van der Waals surface area contributed by atoms with Crippen molar-refractivity contribution in [1.82, 2.24) is 14.3 Å². The molecule has 1 atom stereocenters. The molecule has 3 heterocycles. The predicted molar refractivity (Wildman–Crippen MR) is 81.7 cm³/mol. The zero-order chi connectivity index (χ0) is 14.8. The molecule has 1 unspecified atom stereocenters. The zero-order valence-corrected chi connectivity index (χ0v) is 13.4. The average molecular weight is 310 g/mol. The second-order valence-electron chi connectivity index (χ2n) is 5.96. The lowest BCUT2D eigenvalue weighted by Gasteiger charge is -2.29. The lowest BCUT2D eigenvalue weighted by Crippen LogP contribution is -2.44. The van der Waals surface area contributed by atoms with Crippen LogP contribution in [-0.2, 0) is 9.53 Å². The maximum atomic E-state index is 12.5. The first kappa shape index (κ1) is 14.7. The highest BCUT2D eigenvalue weighted by atomic mass is 32.1. The highest BCUT2D eigenvalue weighted by molar-refractivity contribution is 7.09. The summed E-state index contributed by atoms with van der Waals surface area (Å²) in [5.41, 5.74) is 0. The maximum absolute atomic E-state index is 12.5. The van der Waals surface area contributed by atoms with Gasteiger partial charge in [-0.05, 0) is 6.42 Å². The lowest BCUT2D eigenvalue weighted by molar-refractivity contribution is -0.138. The number of hydrogen-bond donors (Lipinski definition) is 0. The molecule has 2 aliphatic rings. The van der Waals surface area contributed by atoms with E-state index in [-0.39, 0.29) is 11.8 Å². The predicted octanol–water partition coefficient (Wildman–Crippen LogP) is 1.35. The molecule has 2 saturated heterocycles. The van der Waals surface area contributed by atoms with Crippen LogP contribution < -0.4 is 4.90 Å². The van der Waals surface area contributed by atoms with Crippen LogP contribution in [0.25, 0.3) is 0 Å². The summed E-state index contributed by atoms with van der Waals surface area (Å²) in [5, 5.41) is 0.955. The number of nitrogens with zero attached hydrogens (tertiary/aromatic N) is 4. The van der Waals surface area contributed by atoms with Crippen molar-refractivity contribution in [3.8, 4) is 0 Å². The number of ether oxygens (including phenoxy) is 1. The molecular weight excluding hydrogens is 288 g/mol. The van der Waals surface area contributed by atoms with Gasteiger partial charge in [-0.1, -0.05) is 13.8 Å². The number of morpholine rings is 1. The van der Waals surface area contributed by atoms with Crippen LogP contribution in [0, 0.1) is 5.92 Å². The number of hydrogen-bond acceptors (Lipinski definition) is 6. The van der Waals surface area contributed by atoms with Crippen molar-refractivity contribution < 1.29 is 9.53 Å². The van der Waals surface area contributed by atoms with Gasteiger partial charge < -0.3 is 14.5 Å². The van der Waals surface area contributed by atoms with Gasteiger partial charge in [-0.25, -0.2) is 4.98 Å². The van der Waals surface area contributed by atoms with E-state index < -0.39 is 0 Å². The molecular formula is C14H22N4O2S. The molecule has 0 N–H and O–H groups in total. The van der Waals surface area contributed by atoms with Crippen molar-refractivity contribution in [2.75, 3.05) is 44.3 Å². The Bertz CT molecular complexity index is 499. The first-order valence-electron chi connectivity index (χ1n) is 7.60. The molecule has 116 valence electrons. The second kappa shape index (κ2) is 6.27. The molecule has 2 aliphatic heterocycles. The molecule has 3 rings (SSSR count). The smallest absolute Gasteiger partial charge is 0.227 e. The summed E-state index contributed by atoms with van der Waals surface area (Å²) in [6.45, 7) is 8.64. The van der Waals surface area contributed by atoms with Gasteiger partial charge in [-0.2, -0.15) is 4.37 Å². The minimum absolute atomic E-state index is 0.0921. The monoisotopic (exact) mass is 310 g/mol. The molecule has 0 aliphatic carbocycles. The fourth-order valence-corrected chi connectivity index (χ4v) is 3.61. The number of anilines is 1. The van der Waals surface area contributed by atoms with E-state index in [1.54, 1.807) is 0 Å². The largest absolute Gasteiger partial charge is 0.378 e. The maximum Gasteiger partial charge on any atom is 0.227 e. The van der Waals surface area contributed by atoms with Crippen molar-refractivity contribution in [3.05, 3.63) is 5.82 Å². The molecule has 0 saturated carbocycles. The summed E-state index contributed by atoms with van der Waals surface area (Å²) >= 11 is 1.44. The average Bonchev–Trinajstić information content (AvgIpc) is 3.16. The fourth-order valence-electron chi connectivity index (χ4n) is 2.77. The van der Waals surface area contributed by atoms with Gasteiger partial charge in [0.2, 0.25) is 11.0 Å². The molecule has 1 aromatic rings. The second-order valence-corrected chi connectivity index (χ2v) is 6.69. The van der Waals surface area contributed by atoms with Gasteiger partial charge in [0.25, 0.3) is 0 Å². The molecule has 0 radical (unpaired) electrons. The third-order valence-electron chi connectivity index (χ3n) is 4.08. The van der Waals surface area contributed by atoms with Gasteiger partial charge in [-0.3, -0.25) is 4.79 Å². The lowest BCUT2D eigenvalue weighted by atomic mass is 10.1. The number of aromatic nitrogens is 2. The van der Waals surface area contributed by atoms with Crippen LogP contribution in [0.4, 0.5) is 5.13 Å². The van der Waals surface area contributed by atoms with Crippen molar-refractivity contribution in [3.63, 3.8) is 0 Å². The van der Waals surface area contributed by atoms with E-state index in [9.17, 15) is 4.79 Å². The van der Waals surface area contributed by atoms with Crippen molar-refractivity contribution >= 4 is 22.6 Å². The Morgan fingerprint density at radius 2 is 2.10 bits per heavy atom. The van der Waals surface area contributed by atoms with Crippen molar-refractivity contribution in [1.29, 1.82) is 0 Å². The number of carbonyl (C=O) groups excluding carboxylic acids is 1. The van der Waals surface area contributed by atoms with Crippen LogP contribution in [0.15, 0.2) is 0 Å². The molecule has 2 fully saturated rings. The van der Waals surface area contributed by atoms with Crippen LogP contribution in [0.3, 0.4) is 0 Å². The van der Waals surface area contributed by atoms with E-state index in [0.29, 0.717) is 19.1 Å². The number of amides is 1. The van der Waals surface area contributed by atoms with E-state index in [4.69, 9.17) is 4.74 Å². The van der Waals surface area contributed by atoms with E-state index in [1.807, 2.05) is 4.90 Å². The Balaban J connectivity index is 1.60. The molecule has 1 aromatic heterocycles. The van der Waals surface area contributed by atoms with E-state index >= 15 is 0 Å². The standard InChI is InChI=1S/C14H22N4O2S/c1-10(2)12-15-14(21-16-12)18-4-3-11(9-18)13(19)17-5-7-20-8-6-17/h10-11H,3-9H2,1-2H3. The van der Waals surface area contributed by atoms with Gasteiger partial charge >= 0.3 is 0 Å². The number of carbonyl (C=O) groups is 1. The van der Waals surface area contributed by atoms with Gasteiger partial charge in [0.15, 0.2) is 0 Å². The highest BCUT2D eigenvalue weighted by Crippen LogP contribution is 2.28. The molecule has 0 bridgehead atoms. The molecule has 6 nitrogen and oxygen atoms in total. The van der Waals surface area contributed by atoms with Crippen molar-refractivity contribution in [2.24, 2.45) is 5.92 Å². The minimum Gasteiger partial charge on any atom is -0.378 e. The van der Waals surface area contributed by atoms with E-state index in [0.717, 1.165) is 43.6 Å². The van der Waals surface area contributed by atoms with Gasteiger partial charge in [0, 0.05) is 43.6 Å². The van der Waals surface area contributed by atoms with Crippen molar-refractivity contribution in [2.45, 2.75) is 26.2 Å². The summed E-state index contributed by atoms with van der Waals surface area (Å²) < 4.78 is 9.70. The molecule has 1 amide bonds. The third kappa shape index (κ3) is 3.18. The first-order valence-corrected chi connectivity index (χ1v) is 8.37. The van der Waals surface area contributed by atoms with Gasteiger partial charge in [-0.15, -0.1) is 0 Å². The Morgan fingerprint density at radius 1 is 1.33 bits per heavy atom. The SMILES string of the molecule is CC(C)c1nsc(N2CCC(C(=O)N3CCOCC3)C2)n1. The molecule has 21 heavy (non-hydrogen) atoms. The van der Waals surface area contributed by atoms with Crippen LogP contribution in [0.5, 0.6) is 0 Å². The van der Waals surface area contributed by atoms with Crippen LogP contribution >= 0.6 is 11.5 Å². The van der Waals surface area contributed by atoms with E-state index in [2.05, 4.69) is 28.1 Å². The number of rotatable bonds is 3. The van der Waals surface area contributed by atoms with Crippen LogP contribution in [0.2, 0.25) is 0 Å². The molecule has 7 heteroatoms. The fraction of sp³-hybridized carbons (Fsp3) is 0.786. The highest BCUT2D eigenvalue weighted by Gasteiger charge is 2.33. The van der Waals surface area contributed by atoms with E-state index in [1.165, 1.54) is 11.5 Å². The summed E-state index contributed by atoms with van der Waals surface area (Å²) in [7, 11) is 0. The normalized spacial score (nSPS) is 23.1. The quantitative estimate of drug-likeness (QED) is 0.843. The zero-order valence-electron chi connectivity index (χ0n) is 12.6. The minimum atomic E-state index is 0.0921. The van der Waals surface area contributed by atoms with Gasteiger partial charge in [0.05, 0.1) is 19.1 Å². The first-order chi connectivity index (χ1) is 10.1. The third-order valence-corrected chi connectivity index (χ3v) is 4.87. The Labute approximate surface area is 129 Å². The summed E-state index contributed by atoms with van der Waals surface area (Å²) in [6.07, 6.45) is 0.910. The van der Waals surface area contributed by atoms with Gasteiger partial charge in [0.1, 0.15) is 5.82 Å². The van der Waals surface area contributed by atoms with Crippen LogP contribution in [0.1, 0.15) is 32.0 Å². The molecule has 0 spiro atoms. The Kier molecular flexibility index (Phi) is 4.40. The van der Waals surface area contributed by atoms with Crippen LogP contribution in [-0.4, -0.2) is 59.6 Å². The Morgan fingerprint density at radius 3 is 2.76 bits per heavy atom. The summed E-state index contributed by atoms with van der Waals surface area (Å²) in [4.78, 5) is 21.2. The molecule has 0 aromatic carbocycles. The summed E-state index contributed by atoms with van der Waals surface area (Å²) in [6, 6.07) is 0. The summed E-state index contributed by atoms with van der Waals surface area (Å²) in [5.74, 6) is 1.62. The topological polar surface area (TPSA) is 58.6 Å².